The van der Waals surface area contributed by atoms with Crippen LogP contribution in [0.5, 0.6) is 0 Å². The van der Waals surface area contributed by atoms with Crippen LogP contribution in [-0.4, -0.2) is 19.6 Å². The molecule has 0 unspecified atom stereocenters. The van der Waals surface area contributed by atoms with E-state index in [2.05, 4.69) is 43.0 Å². The fourth-order valence-electron chi connectivity index (χ4n) is 2.20. The van der Waals surface area contributed by atoms with Crippen LogP contribution in [0.1, 0.15) is 44.7 Å². The van der Waals surface area contributed by atoms with Gasteiger partial charge in [0, 0.05) is 24.8 Å². The zero-order valence-electron chi connectivity index (χ0n) is 12.1. The van der Waals surface area contributed by atoms with Gasteiger partial charge in [-0.25, -0.2) is 0 Å². The smallest absolute Gasteiger partial charge is 0.0366 e. The third-order valence-corrected chi connectivity index (χ3v) is 3.42. The van der Waals surface area contributed by atoms with Gasteiger partial charge >= 0.3 is 0 Å². The predicted molar refractivity (Wildman–Crippen MR) is 87.1 cm³/mol. The van der Waals surface area contributed by atoms with Crippen molar-refractivity contribution in [3.63, 3.8) is 0 Å². The summed E-state index contributed by atoms with van der Waals surface area (Å²) in [7, 11) is 0. The van der Waals surface area contributed by atoms with Crippen LogP contribution in [0.3, 0.4) is 0 Å². The van der Waals surface area contributed by atoms with Crippen LogP contribution < -0.4 is 16.4 Å². The Labute approximate surface area is 123 Å². The number of hydrogen-bond donors (Lipinski definition) is 2. The summed E-state index contributed by atoms with van der Waals surface area (Å²) in [5.41, 5.74) is 14.2. The minimum atomic E-state index is 0. The normalized spacial score (nSPS) is 11.8. The summed E-state index contributed by atoms with van der Waals surface area (Å²) < 4.78 is 0. The maximum absolute atomic E-state index is 6.17. The highest BCUT2D eigenvalue weighted by Crippen LogP contribution is 2.21. The van der Waals surface area contributed by atoms with Gasteiger partial charge in [-0.05, 0) is 50.9 Å². The van der Waals surface area contributed by atoms with E-state index in [4.69, 9.17) is 11.5 Å². The first-order valence-corrected chi connectivity index (χ1v) is 7.03. The first kappa shape index (κ1) is 18.2. The molecule has 0 radical (unpaired) electrons. The number of nitrogens with zero attached hydrogens (tertiary/aromatic N) is 1. The van der Waals surface area contributed by atoms with E-state index in [9.17, 15) is 0 Å². The van der Waals surface area contributed by atoms with Crippen LogP contribution in [-0.2, 0) is 0 Å². The maximum Gasteiger partial charge on any atom is 0.0366 e. The lowest BCUT2D eigenvalue weighted by atomic mass is 10.0. The van der Waals surface area contributed by atoms with Crippen molar-refractivity contribution < 1.29 is 0 Å². The Morgan fingerprint density at radius 3 is 2.11 bits per heavy atom. The molecule has 0 bridgehead atoms. The Kier molecular flexibility index (Phi) is 9.66. The Balaban J connectivity index is 0.00000324. The number of benzene rings is 1. The lowest BCUT2D eigenvalue weighted by molar-refractivity contribution is 0.591. The van der Waals surface area contributed by atoms with Crippen molar-refractivity contribution in [3.8, 4) is 0 Å². The predicted octanol–water partition coefficient (Wildman–Crippen LogP) is 3.08. The Morgan fingerprint density at radius 1 is 1.05 bits per heavy atom. The minimum Gasteiger partial charge on any atom is -0.372 e. The van der Waals surface area contributed by atoms with Crippen LogP contribution in [0, 0.1) is 0 Å². The van der Waals surface area contributed by atoms with Crippen LogP contribution in [0.4, 0.5) is 5.69 Å². The van der Waals surface area contributed by atoms with Crippen molar-refractivity contribution in [2.24, 2.45) is 11.5 Å². The number of anilines is 1. The molecule has 19 heavy (non-hydrogen) atoms. The monoisotopic (exact) mass is 285 g/mol. The molecule has 0 aliphatic rings. The van der Waals surface area contributed by atoms with Crippen LogP contribution in [0.25, 0.3) is 0 Å². The second kappa shape index (κ2) is 10.1. The molecule has 4 heteroatoms. The van der Waals surface area contributed by atoms with E-state index in [0.717, 1.165) is 38.9 Å². The van der Waals surface area contributed by atoms with Gasteiger partial charge in [0.25, 0.3) is 0 Å². The summed E-state index contributed by atoms with van der Waals surface area (Å²) in [6.07, 6.45) is 3.18. The molecule has 4 N–H and O–H groups in total. The van der Waals surface area contributed by atoms with E-state index < -0.39 is 0 Å². The molecule has 3 nitrogen and oxygen atoms in total. The molecule has 0 spiro atoms. The number of rotatable bonds is 8. The van der Waals surface area contributed by atoms with Gasteiger partial charge in [0.2, 0.25) is 0 Å². The summed E-state index contributed by atoms with van der Waals surface area (Å²) in [4.78, 5) is 2.34. The van der Waals surface area contributed by atoms with Crippen molar-refractivity contribution in [3.05, 3.63) is 29.8 Å². The summed E-state index contributed by atoms with van der Waals surface area (Å²) in [5, 5.41) is 0. The standard InChI is InChI=1S/C15H27N3.ClH/c1-3-18(4-2)14-10-8-13(9-11-14)15(17)7-5-6-12-16;/h8-11,15H,3-7,12,16-17H2,1-2H3;1H/t15-;/m1./s1. The first-order valence-electron chi connectivity index (χ1n) is 7.03. The van der Waals surface area contributed by atoms with Gasteiger partial charge in [-0.2, -0.15) is 0 Å². The average Bonchev–Trinajstić information content (AvgIpc) is 2.41. The first-order chi connectivity index (χ1) is 8.72. The molecule has 1 aromatic carbocycles. The number of halogens is 1. The molecule has 0 aromatic heterocycles. The molecule has 1 aromatic rings. The molecule has 1 rings (SSSR count). The zero-order chi connectivity index (χ0) is 13.4. The second-order valence-corrected chi connectivity index (χ2v) is 4.65. The van der Waals surface area contributed by atoms with E-state index in [1.807, 2.05) is 0 Å². The third kappa shape index (κ3) is 5.81. The zero-order valence-corrected chi connectivity index (χ0v) is 13.0. The molecule has 0 saturated heterocycles. The SMILES string of the molecule is CCN(CC)c1ccc([C@H](N)CCCCN)cc1.Cl. The molecule has 0 fully saturated rings. The molecule has 110 valence electrons. The quantitative estimate of drug-likeness (QED) is 0.722. The van der Waals surface area contributed by atoms with Gasteiger partial charge in [-0.3, -0.25) is 0 Å². The third-order valence-electron chi connectivity index (χ3n) is 3.42. The molecule has 0 heterocycles. The van der Waals surface area contributed by atoms with Crippen molar-refractivity contribution >= 4 is 18.1 Å². The fourth-order valence-corrected chi connectivity index (χ4v) is 2.20. The van der Waals surface area contributed by atoms with E-state index in [0.29, 0.717) is 0 Å². The van der Waals surface area contributed by atoms with Crippen molar-refractivity contribution in [1.29, 1.82) is 0 Å². The second-order valence-electron chi connectivity index (χ2n) is 4.65. The molecular weight excluding hydrogens is 258 g/mol. The fraction of sp³-hybridized carbons (Fsp3) is 0.600. The highest BCUT2D eigenvalue weighted by molar-refractivity contribution is 5.85. The molecule has 0 amide bonds. The summed E-state index contributed by atoms with van der Waals surface area (Å²) in [5.74, 6) is 0. The summed E-state index contributed by atoms with van der Waals surface area (Å²) in [6, 6.07) is 8.79. The highest BCUT2D eigenvalue weighted by Gasteiger charge is 2.07. The molecular formula is C15H28ClN3. The lowest BCUT2D eigenvalue weighted by Gasteiger charge is -2.21. The van der Waals surface area contributed by atoms with E-state index in [-0.39, 0.29) is 18.4 Å². The molecule has 0 aliphatic heterocycles. The van der Waals surface area contributed by atoms with E-state index >= 15 is 0 Å². The lowest BCUT2D eigenvalue weighted by Crippen LogP contribution is -2.21. The Morgan fingerprint density at radius 2 is 1.63 bits per heavy atom. The van der Waals surface area contributed by atoms with Gasteiger partial charge in [-0.15, -0.1) is 12.4 Å². The molecule has 1 atom stereocenters. The Bertz CT molecular complexity index is 323. The van der Waals surface area contributed by atoms with Crippen molar-refractivity contribution in [2.45, 2.75) is 39.2 Å². The van der Waals surface area contributed by atoms with E-state index in [1.165, 1.54) is 11.3 Å². The largest absolute Gasteiger partial charge is 0.372 e. The van der Waals surface area contributed by atoms with Crippen LogP contribution in [0.2, 0.25) is 0 Å². The van der Waals surface area contributed by atoms with Gasteiger partial charge in [-0.1, -0.05) is 18.6 Å². The average molecular weight is 286 g/mol. The highest BCUT2D eigenvalue weighted by atomic mass is 35.5. The van der Waals surface area contributed by atoms with Crippen LogP contribution in [0.15, 0.2) is 24.3 Å². The maximum atomic E-state index is 6.17. The van der Waals surface area contributed by atoms with E-state index in [1.54, 1.807) is 0 Å². The van der Waals surface area contributed by atoms with Crippen molar-refractivity contribution in [2.75, 3.05) is 24.5 Å². The van der Waals surface area contributed by atoms with Gasteiger partial charge in [0.15, 0.2) is 0 Å². The minimum absolute atomic E-state index is 0. The number of nitrogens with two attached hydrogens (primary N) is 2. The topological polar surface area (TPSA) is 55.3 Å². The summed E-state index contributed by atoms with van der Waals surface area (Å²) >= 11 is 0. The van der Waals surface area contributed by atoms with Gasteiger partial charge < -0.3 is 16.4 Å². The molecule has 0 saturated carbocycles. The number of hydrogen-bond acceptors (Lipinski definition) is 3. The number of unbranched alkanes of at least 4 members (excludes halogenated alkanes) is 1. The molecule has 0 aliphatic carbocycles. The van der Waals surface area contributed by atoms with Gasteiger partial charge in [0.05, 0.1) is 0 Å². The van der Waals surface area contributed by atoms with Crippen LogP contribution >= 0.6 is 12.4 Å². The summed E-state index contributed by atoms with van der Waals surface area (Å²) in [6.45, 7) is 7.19. The Hall–Kier alpha value is -0.770. The van der Waals surface area contributed by atoms with Gasteiger partial charge in [0.1, 0.15) is 0 Å². The van der Waals surface area contributed by atoms with Crippen molar-refractivity contribution in [1.82, 2.24) is 0 Å².